The number of guanidine groups is 1. The lowest BCUT2D eigenvalue weighted by Gasteiger charge is -2.11. The van der Waals surface area contributed by atoms with Crippen LogP contribution >= 0.6 is 0 Å². The third-order valence-corrected chi connectivity index (χ3v) is 3.33. The molecule has 128 valence electrons. The van der Waals surface area contributed by atoms with Gasteiger partial charge in [-0.15, -0.1) is 0 Å². The minimum atomic E-state index is -0.233. The zero-order chi connectivity index (χ0) is 17.0. The van der Waals surface area contributed by atoms with Crippen molar-refractivity contribution in [2.24, 2.45) is 4.99 Å². The molecule has 0 unspecified atom stereocenters. The summed E-state index contributed by atoms with van der Waals surface area (Å²) in [6.07, 6.45) is 0. The van der Waals surface area contributed by atoms with Crippen molar-refractivity contribution in [3.05, 3.63) is 71.5 Å². The molecule has 4 nitrogen and oxygen atoms in total. The molecule has 0 aliphatic carbocycles. The molecule has 0 spiro atoms. The Morgan fingerprint density at radius 3 is 2.46 bits per heavy atom. The van der Waals surface area contributed by atoms with Gasteiger partial charge in [-0.2, -0.15) is 0 Å². The smallest absolute Gasteiger partial charge is 0.191 e. The molecule has 0 radical (unpaired) electrons. The van der Waals surface area contributed by atoms with Gasteiger partial charge in [0.2, 0.25) is 0 Å². The summed E-state index contributed by atoms with van der Waals surface area (Å²) < 4.78 is 18.5. The molecule has 0 atom stereocenters. The van der Waals surface area contributed by atoms with E-state index in [0.29, 0.717) is 26.3 Å². The predicted molar refractivity (Wildman–Crippen MR) is 95.3 cm³/mol. The molecule has 0 saturated carbocycles. The van der Waals surface area contributed by atoms with Crippen LogP contribution in [-0.4, -0.2) is 25.7 Å². The number of nitrogens with one attached hydrogen (secondary N) is 2. The van der Waals surface area contributed by atoms with E-state index in [-0.39, 0.29) is 5.82 Å². The number of hydrogen-bond acceptors (Lipinski definition) is 2. The first kappa shape index (κ1) is 17.9. The number of rotatable bonds is 8. The van der Waals surface area contributed by atoms with Crippen molar-refractivity contribution >= 4 is 5.96 Å². The fraction of sp³-hybridized carbons (Fsp3) is 0.316. The maximum atomic E-state index is 12.9. The van der Waals surface area contributed by atoms with E-state index in [1.807, 2.05) is 37.3 Å². The monoisotopic (exact) mass is 329 g/mol. The Hall–Kier alpha value is -2.40. The van der Waals surface area contributed by atoms with E-state index < -0.39 is 0 Å². The Balaban J connectivity index is 1.72. The number of benzene rings is 2. The Morgan fingerprint density at radius 1 is 1.00 bits per heavy atom. The molecule has 0 heterocycles. The lowest BCUT2D eigenvalue weighted by atomic mass is 10.2. The van der Waals surface area contributed by atoms with Crippen molar-refractivity contribution in [2.75, 3.05) is 19.7 Å². The highest BCUT2D eigenvalue weighted by atomic mass is 19.1. The van der Waals surface area contributed by atoms with Gasteiger partial charge in [0, 0.05) is 13.1 Å². The van der Waals surface area contributed by atoms with Crippen LogP contribution < -0.4 is 10.6 Å². The van der Waals surface area contributed by atoms with Crippen LogP contribution in [0.1, 0.15) is 18.1 Å². The maximum absolute atomic E-state index is 12.9. The molecule has 24 heavy (non-hydrogen) atoms. The number of halogens is 1. The van der Waals surface area contributed by atoms with Crippen LogP contribution in [-0.2, 0) is 17.9 Å². The van der Waals surface area contributed by atoms with Crippen LogP contribution in [0.2, 0.25) is 0 Å². The standard InChI is InChI=1S/C19H24FN3O/c1-2-21-19(23-14-16-8-10-18(20)11-9-16)22-12-13-24-15-17-6-4-3-5-7-17/h3-11H,2,12-15H2,1H3,(H2,21,22,23). The topological polar surface area (TPSA) is 45.7 Å². The van der Waals surface area contributed by atoms with Crippen molar-refractivity contribution < 1.29 is 9.13 Å². The molecular formula is C19H24FN3O. The number of ether oxygens (including phenoxy) is 1. The van der Waals surface area contributed by atoms with Crippen LogP contribution in [0, 0.1) is 5.82 Å². The SMILES string of the molecule is CCNC(=NCc1ccc(F)cc1)NCCOCc1ccccc1. The summed E-state index contributed by atoms with van der Waals surface area (Å²) in [5, 5.41) is 6.41. The molecular weight excluding hydrogens is 305 g/mol. The molecule has 0 aromatic heterocycles. The second kappa shape index (κ2) is 10.4. The Morgan fingerprint density at radius 2 is 1.75 bits per heavy atom. The molecule has 0 aliphatic heterocycles. The third-order valence-electron chi connectivity index (χ3n) is 3.33. The van der Waals surface area contributed by atoms with Gasteiger partial charge in [0.05, 0.1) is 19.8 Å². The highest BCUT2D eigenvalue weighted by Gasteiger charge is 1.98. The van der Waals surface area contributed by atoms with E-state index in [0.717, 1.165) is 23.6 Å². The normalized spacial score (nSPS) is 11.3. The van der Waals surface area contributed by atoms with Gasteiger partial charge in [-0.1, -0.05) is 42.5 Å². The summed E-state index contributed by atoms with van der Waals surface area (Å²) in [6, 6.07) is 16.5. The van der Waals surface area contributed by atoms with E-state index in [1.165, 1.54) is 12.1 Å². The molecule has 2 rings (SSSR count). The zero-order valence-corrected chi connectivity index (χ0v) is 14.0. The third kappa shape index (κ3) is 6.79. The van der Waals surface area contributed by atoms with E-state index in [1.54, 1.807) is 12.1 Å². The van der Waals surface area contributed by atoms with Crippen molar-refractivity contribution in [1.82, 2.24) is 10.6 Å². The van der Waals surface area contributed by atoms with Gasteiger partial charge in [-0.05, 0) is 30.2 Å². The number of nitrogens with zero attached hydrogens (tertiary/aromatic N) is 1. The van der Waals surface area contributed by atoms with Crippen molar-refractivity contribution in [3.8, 4) is 0 Å². The molecule has 2 aromatic carbocycles. The second-order valence-corrected chi connectivity index (χ2v) is 5.29. The molecule has 0 bridgehead atoms. The first-order valence-corrected chi connectivity index (χ1v) is 8.16. The Bertz CT molecular complexity index is 614. The average Bonchev–Trinajstić information content (AvgIpc) is 2.61. The summed E-state index contributed by atoms with van der Waals surface area (Å²) in [4.78, 5) is 4.49. The largest absolute Gasteiger partial charge is 0.375 e. The van der Waals surface area contributed by atoms with Crippen molar-refractivity contribution in [2.45, 2.75) is 20.1 Å². The number of aliphatic imine (C=N–C) groups is 1. The van der Waals surface area contributed by atoms with Gasteiger partial charge in [-0.25, -0.2) is 9.38 Å². The average molecular weight is 329 g/mol. The summed E-state index contributed by atoms with van der Waals surface area (Å²) >= 11 is 0. The van der Waals surface area contributed by atoms with Gasteiger partial charge < -0.3 is 15.4 Å². The second-order valence-electron chi connectivity index (χ2n) is 5.29. The predicted octanol–water partition coefficient (Wildman–Crippen LogP) is 3.10. The van der Waals surface area contributed by atoms with Gasteiger partial charge >= 0.3 is 0 Å². The minimum absolute atomic E-state index is 0.233. The molecule has 0 saturated heterocycles. The highest BCUT2D eigenvalue weighted by molar-refractivity contribution is 5.79. The van der Waals surface area contributed by atoms with Crippen LogP contribution in [0.25, 0.3) is 0 Å². The van der Waals surface area contributed by atoms with Crippen molar-refractivity contribution in [3.63, 3.8) is 0 Å². The van der Waals surface area contributed by atoms with E-state index in [9.17, 15) is 4.39 Å². The van der Waals surface area contributed by atoms with Crippen LogP contribution in [0.15, 0.2) is 59.6 Å². The van der Waals surface area contributed by atoms with Gasteiger partial charge in [0.1, 0.15) is 5.82 Å². The lowest BCUT2D eigenvalue weighted by Crippen LogP contribution is -2.38. The highest BCUT2D eigenvalue weighted by Crippen LogP contribution is 2.04. The molecule has 2 N–H and O–H groups in total. The Labute approximate surface area is 142 Å². The number of hydrogen-bond donors (Lipinski definition) is 2. The van der Waals surface area contributed by atoms with Gasteiger partial charge in [0.25, 0.3) is 0 Å². The summed E-state index contributed by atoms with van der Waals surface area (Å²) in [7, 11) is 0. The summed E-state index contributed by atoms with van der Waals surface area (Å²) in [5.41, 5.74) is 2.13. The molecule has 0 fully saturated rings. The van der Waals surface area contributed by atoms with Crippen molar-refractivity contribution in [1.29, 1.82) is 0 Å². The van der Waals surface area contributed by atoms with E-state index in [2.05, 4.69) is 15.6 Å². The van der Waals surface area contributed by atoms with Gasteiger partial charge in [-0.3, -0.25) is 0 Å². The van der Waals surface area contributed by atoms with E-state index >= 15 is 0 Å². The molecule has 2 aromatic rings. The lowest BCUT2D eigenvalue weighted by molar-refractivity contribution is 0.125. The quantitative estimate of drug-likeness (QED) is 0.444. The van der Waals surface area contributed by atoms with Crippen LogP contribution in [0.5, 0.6) is 0 Å². The van der Waals surface area contributed by atoms with E-state index in [4.69, 9.17) is 4.74 Å². The fourth-order valence-electron chi connectivity index (χ4n) is 2.11. The van der Waals surface area contributed by atoms with Gasteiger partial charge in [0.15, 0.2) is 5.96 Å². The Kier molecular flexibility index (Phi) is 7.77. The first-order chi connectivity index (χ1) is 11.8. The first-order valence-electron chi connectivity index (χ1n) is 8.16. The summed E-state index contributed by atoms with van der Waals surface area (Å²) in [6.45, 7) is 5.16. The maximum Gasteiger partial charge on any atom is 0.191 e. The zero-order valence-electron chi connectivity index (χ0n) is 14.0. The molecule has 5 heteroatoms. The molecule has 0 aliphatic rings. The van der Waals surface area contributed by atoms with Crippen LogP contribution in [0.4, 0.5) is 4.39 Å². The fourth-order valence-corrected chi connectivity index (χ4v) is 2.11. The molecule has 0 amide bonds. The van der Waals surface area contributed by atoms with Crippen LogP contribution in [0.3, 0.4) is 0 Å². The summed E-state index contributed by atoms with van der Waals surface area (Å²) in [5.74, 6) is 0.494. The minimum Gasteiger partial charge on any atom is -0.375 e.